The topological polar surface area (TPSA) is 68.7 Å². The number of carbonyl (C=O) groups is 1. The van der Waals surface area contributed by atoms with Crippen LogP contribution in [0.2, 0.25) is 0 Å². The highest BCUT2D eigenvalue weighted by Crippen LogP contribution is 2.37. The minimum Gasteiger partial charge on any atom is -0.481 e. The maximum Gasteiger partial charge on any atom is 0.487 e. The first-order valence-electron chi connectivity index (χ1n) is 6.90. The fraction of sp³-hybridized carbons (Fsp3) is 0.467. The van der Waals surface area contributed by atoms with E-state index in [1.165, 1.54) is 0 Å². The molecule has 0 atom stereocenters. The van der Waals surface area contributed by atoms with Crippen molar-refractivity contribution in [3.63, 3.8) is 0 Å². The van der Waals surface area contributed by atoms with Gasteiger partial charge in [-0.3, -0.25) is 9.78 Å². The average Bonchev–Trinajstić information content (AvgIpc) is 2.56. The molecule has 1 aliphatic heterocycles. The smallest absolute Gasteiger partial charge is 0.481 e. The van der Waals surface area contributed by atoms with Crippen LogP contribution >= 0.6 is 0 Å². The number of carboxylic acids is 1. The summed E-state index contributed by atoms with van der Waals surface area (Å²) in [6.45, 7) is 7.95. The molecule has 21 heavy (non-hydrogen) atoms. The molecule has 0 aromatic carbocycles. The molecule has 112 valence electrons. The Hall–Kier alpha value is -1.66. The number of hydrogen-bond acceptors (Lipinski definition) is 4. The van der Waals surface area contributed by atoms with Crippen molar-refractivity contribution < 1.29 is 19.2 Å². The van der Waals surface area contributed by atoms with E-state index in [0.717, 1.165) is 5.56 Å². The van der Waals surface area contributed by atoms with Crippen molar-refractivity contribution >= 4 is 19.2 Å². The number of aromatic nitrogens is 1. The number of hydrogen-bond donors (Lipinski definition) is 1. The van der Waals surface area contributed by atoms with Crippen molar-refractivity contribution in [3.05, 3.63) is 35.6 Å². The van der Waals surface area contributed by atoms with Crippen LogP contribution in [0.5, 0.6) is 0 Å². The summed E-state index contributed by atoms with van der Waals surface area (Å²) >= 11 is 0. The fourth-order valence-corrected chi connectivity index (χ4v) is 2.06. The first kappa shape index (κ1) is 15.7. The molecule has 0 unspecified atom stereocenters. The van der Waals surface area contributed by atoms with Gasteiger partial charge in [-0.2, -0.15) is 0 Å². The first-order valence-corrected chi connectivity index (χ1v) is 6.90. The first-order chi connectivity index (χ1) is 9.71. The second kappa shape index (κ2) is 5.62. The van der Waals surface area contributed by atoms with Gasteiger partial charge in [-0.15, -0.1) is 0 Å². The van der Waals surface area contributed by atoms with Gasteiger partial charge in [0.15, 0.2) is 0 Å². The lowest BCUT2D eigenvalue weighted by molar-refractivity contribution is -0.136. The Labute approximate surface area is 125 Å². The van der Waals surface area contributed by atoms with Crippen molar-refractivity contribution in [3.8, 4) is 0 Å². The lowest BCUT2D eigenvalue weighted by atomic mass is 9.88. The van der Waals surface area contributed by atoms with E-state index in [1.54, 1.807) is 30.5 Å². The SMILES string of the molecule is CC1(C)OB(/C=C/c2cnccc2CC(=O)O)OC1(C)C. The van der Waals surface area contributed by atoms with E-state index in [9.17, 15) is 4.79 Å². The largest absolute Gasteiger partial charge is 0.487 e. The van der Waals surface area contributed by atoms with Gasteiger partial charge >= 0.3 is 13.1 Å². The van der Waals surface area contributed by atoms with Gasteiger partial charge in [0, 0.05) is 12.4 Å². The highest BCUT2D eigenvalue weighted by molar-refractivity contribution is 6.52. The van der Waals surface area contributed by atoms with Crippen LogP contribution in [-0.4, -0.2) is 34.4 Å². The van der Waals surface area contributed by atoms with E-state index in [2.05, 4.69) is 4.98 Å². The number of pyridine rings is 1. The molecule has 0 amide bonds. The summed E-state index contributed by atoms with van der Waals surface area (Å²) in [5.74, 6) is 0.922. The van der Waals surface area contributed by atoms with Crippen LogP contribution in [0.1, 0.15) is 38.8 Å². The molecule has 5 nitrogen and oxygen atoms in total. The highest BCUT2D eigenvalue weighted by Gasteiger charge is 2.49. The van der Waals surface area contributed by atoms with Gasteiger partial charge < -0.3 is 14.4 Å². The van der Waals surface area contributed by atoms with Crippen LogP contribution in [-0.2, 0) is 20.5 Å². The second-order valence-electron chi connectivity index (χ2n) is 6.13. The van der Waals surface area contributed by atoms with E-state index >= 15 is 0 Å². The Bertz CT molecular complexity index is 553. The minimum atomic E-state index is -0.869. The van der Waals surface area contributed by atoms with Crippen molar-refractivity contribution in [2.24, 2.45) is 0 Å². The molecule has 1 fully saturated rings. The van der Waals surface area contributed by atoms with Crippen molar-refractivity contribution in [2.75, 3.05) is 0 Å². The molecule has 1 aromatic heterocycles. The summed E-state index contributed by atoms with van der Waals surface area (Å²) in [5.41, 5.74) is 0.696. The van der Waals surface area contributed by atoms with Gasteiger partial charge in [-0.05, 0) is 44.9 Å². The van der Waals surface area contributed by atoms with Gasteiger partial charge in [0.1, 0.15) is 0 Å². The van der Waals surface area contributed by atoms with Crippen LogP contribution in [0.3, 0.4) is 0 Å². The maximum atomic E-state index is 10.9. The molecule has 1 aromatic rings. The minimum absolute atomic E-state index is 0.0362. The van der Waals surface area contributed by atoms with Crippen molar-refractivity contribution in [1.82, 2.24) is 4.98 Å². The molecule has 2 heterocycles. The van der Waals surface area contributed by atoms with Crippen LogP contribution in [0.4, 0.5) is 0 Å². The quantitative estimate of drug-likeness (QED) is 0.862. The van der Waals surface area contributed by atoms with Gasteiger partial charge in [-0.1, -0.05) is 12.1 Å². The molecule has 6 heteroatoms. The highest BCUT2D eigenvalue weighted by atomic mass is 16.7. The Morgan fingerprint density at radius 2 is 1.95 bits per heavy atom. The van der Waals surface area contributed by atoms with E-state index in [1.807, 2.05) is 27.7 Å². The lowest BCUT2D eigenvalue weighted by Crippen LogP contribution is -2.41. The summed E-state index contributed by atoms with van der Waals surface area (Å²) < 4.78 is 11.7. The maximum absolute atomic E-state index is 10.9. The predicted octanol–water partition coefficient (Wildman–Crippen LogP) is 2.35. The van der Waals surface area contributed by atoms with Gasteiger partial charge in [0.25, 0.3) is 0 Å². The average molecular weight is 289 g/mol. The van der Waals surface area contributed by atoms with Crippen LogP contribution in [0.25, 0.3) is 6.08 Å². The Kier molecular flexibility index (Phi) is 4.21. The van der Waals surface area contributed by atoms with Crippen LogP contribution < -0.4 is 0 Å². The fourth-order valence-electron chi connectivity index (χ4n) is 2.06. The predicted molar refractivity (Wildman–Crippen MR) is 80.7 cm³/mol. The summed E-state index contributed by atoms with van der Waals surface area (Å²) in [5, 5.41) is 8.91. The third-order valence-corrected chi connectivity index (χ3v) is 3.99. The van der Waals surface area contributed by atoms with Crippen molar-refractivity contribution in [1.29, 1.82) is 0 Å². The number of carboxylic acid groups (broad SMARTS) is 1. The summed E-state index contributed by atoms with van der Waals surface area (Å²) in [7, 11) is -0.451. The molecule has 0 aliphatic carbocycles. The molecule has 0 saturated carbocycles. The Balaban J connectivity index is 2.14. The molecule has 0 radical (unpaired) electrons. The molecule has 0 bridgehead atoms. The van der Waals surface area contributed by atoms with Gasteiger partial charge in [-0.25, -0.2) is 0 Å². The van der Waals surface area contributed by atoms with Crippen LogP contribution in [0, 0.1) is 0 Å². The summed E-state index contributed by atoms with van der Waals surface area (Å²) in [6.07, 6.45) is 4.99. The molecule has 2 rings (SSSR count). The van der Waals surface area contributed by atoms with E-state index < -0.39 is 13.1 Å². The van der Waals surface area contributed by atoms with Gasteiger partial charge in [0.05, 0.1) is 17.6 Å². The Morgan fingerprint density at radius 3 is 2.52 bits per heavy atom. The zero-order valence-corrected chi connectivity index (χ0v) is 12.8. The Morgan fingerprint density at radius 1 is 1.33 bits per heavy atom. The lowest BCUT2D eigenvalue weighted by Gasteiger charge is -2.32. The molecular formula is C15H20BNO4. The summed E-state index contributed by atoms with van der Waals surface area (Å²) in [6, 6.07) is 1.71. The monoisotopic (exact) mass is 289 g/mol. The van der Waals surface area contributed by atoms with Crippen LogP contribution in [0.15, 0.2) is 24.4 Å². The zero-order chi connectivity index (χ0) is 15.7. The molecule has 1 saturated heterocycles. The van der Waals surface area contributed by atoms with E-state index in [0.29, 0.717) is 5.56 Å². The third-order valence-electron chi connectivity index (χ3n) is 3.99. The molecular weight excluding hydrogens is 269 g/mol. The summed E-state index contributed by atoms with van der Waals surface area (Å²) in [4.78, 5) is 14.9. The number of rotatable bonds is 4. The molecule has 1 aliphatic rings. The second-order valence-corrected chi connectivity index (χ2v) is 6.13. The number of aliphatic carboxylic acids is 1. The number of nitrogens with zero attached hydrogens (tertiary/aromatic N) is 1. The van der Waals surface area contributed by atoms with E-state index in [-0.39, 0.29) is 17.6 Å². The molecule has 0 spiro atoms. The normalized spacial score (nSPS) is 20.1. The van der Waals surface area contributed by atoms with E-state index in [4.69, 9.17) is 14.4 Å². The third kappa shape index (κ3) is 3.51. The standard InChI is InChI=1S/C15H20BNO4/c1-14(2)15(3,4)21-16(20-14)7-5-12-10-17-8-6-11(12)9-13(18)19/h5-8,10H,9H2,1-4H3,(H,18,19)/b7-5+. The zero-order valence-electron chi connectivity index (χ0n) is 12.8. The van der Waals surface area contributed by atoms with Crippen molar-refractivity contribution in [2.45, 2.75) is 45.3 Å². The van der Waals surface area contributed by atoms with Gasteiger partial charge in [0.2, 0.25) is 0 Å². The molecule has 1 N–H and O–H groups in total.